The topological polar surface area (TPSA) is 63.9 Å². The zero-order valence-electron chi connectivity index (χ0n) is 9.94. The first-order valence-corrected chi connectivity index (χ1v) is 5.81. The number of hydrogen-bond acceptors (Lipinski definition) is 3. The minimum atomic E-state index is 0.597. The summed E-state index contributed by atoms with van der Waals surface area (Å²) in [4.78, 5) is 7.55. The van der Waals surface area contributed by atoms with E-state index in [1.54, 1.807) is 0 Å². The van der Waals surface area contributed by atoms with Crippen molar-refractivity contribution in [3.63, 3.8) is 0 Å². The van der Waals surface area contributed by atoms with Gasteiger partial charge in [0.15, 0.2) is 0 Å². The highest BCUT2D eigenvalue weighted by atomic mass is 16.5. The molecule has 0 fully saturated rings. The molecule has 0 saturated heterocycles. The minimum Gasteiger partial charge on any atom is -0.493 e. The van der Waals surface area contributed by atoms with Crippen molar-refractivity contribution in [3.8, 4) is 17.0 Å². The predicted octanol–water partition coefficient (Wildman–Crippen LogP) is 1.98. The summed E-state index contributed by atoms with van der Waals surface area (Å²) in [5.41, 5.74) is 7.50. The van der Waals surface area contributed by atoms with Crippen LogP contribution in [-0.4, -0.2) is 23.1 Å². The van der Waals surface area contributed by atoms with Crippen LogP contribution in [0.1, 0.15) is 12.7 Å². The molecule has 4 nitrogen and oxygen atoms in total. The van der Waals surface area contributed by atoms with E-state index in [0.29, 0.717) is 13.2 Å². The fourth-order valence-electron chi connectivity index (χ4n) is 1.73. The summed E-state index contributed by atoms with van der Waals surface area (Å²) in [6, 6.07) is 7.93. The molecule has 1 aromatic heterocycles. The van der Waals surface area contributed by atoms with Crippen molar-refractivity contribution >= 4 is 0 Å². The Morgan fingerprint density at radius 3 is 2.94 bits per heavy atom. The summed E-state index contributed by atoms with van der Waals surface area (Å²) in [5, 5.41) is 0. The Morgan fingerprint density at radius 2 is 2.18 bits per heavy atom. The van der Waals surface area contributed by atoms with E-state index < -0.39 is 0 Å². The second-order valence-corrected chi connectivity index (χ2v) is 3.71. The summed E-state index contributed by atoms with van der Waals surface area (Å²) in [6.07, 6.45) is 2.58. The number of aromatic nitrogens is 2. The first kappa shape index (κ1) is 11.7. The average Bonchev–Trinajstić information content (AvgIpc) is 2.79. The molecule has 0 radical (unpaired) electrons. The van der Waals surface area contributed by atoms with Crippen LogP contribution >= 0.6 is 0 Å². The van der Waals surface area contributed by atoms with Gasteiger partial charge in [-0.05, 0) is 25.6 Å². The average molecular weight is 231 g/mol. The number of H-pyrrole nitrogens is 1. The Bertz CT molecular complexity index is 479. The number of nitrogens with two attached hydrogens (primary N) is 1. The van der Waals surface area contributed by atoms with Crippen LogP contribution in [0.25, 0.3) is 11.3 Å². The predicted molar refractivity (Wildman–Crippen MR) is 68.0 cm³/mol. The van der Waals surface area contributed by atoms with Crippen LogP contribution in [0.3, 0.4) is 0 Å². The van der Waals surface area contributed by atoms with Gasteiger partial charge in [-0.25, -0.2) is 4.98 Å². The van der Waals surface area contributed by atoms with Gasteiger partial charge in [-0.3, -0.25) is 0 Å². The van der Waals surface area contributed by atoms with Crippen LogP contribution in [0.15, 0.2) is 30.5 Å². The number of nitrogens with zero attached hydrogens (tertiary/aromatic N) is 1. The lowest BCUT2D eigenvalue weighted by molar-refractivity contribution is 0.341. The third-order valence-electron chi connectivity index (χ3n) is 2.49. The lowest BCUT2D eigenvalue weighted by atomic mass is 10.1. The van der Waals surface area contributed by atoms with Crippen LogP contribution < -0.4 is 10.5 Å². The lowest BCUT2D eigenvalue weighted by Crippen LogP contribution is -2.03. The van der Waals surface area contributed by atoms with Gasteiger partial charge in [0.25, 0.3) is 0 Å². The molecule has 0 aliphatic carbocycles. The Morgan fingerprint density at radius 1 is 1.35 bits per heavy atom. The summed E-state index contributed by atoms with van der Waals surface area (Å²) in [5.74, 6) is 1.78. The fourth-order valence-corrected chi connectivity index (χ4v) is 1.73. The normalized spacial score (nSPS) is 10.5. The highest BCUT2D eigenvalue weighted by Gasteiger charge is 2.08. The van der Waals surface area contributed by atoms with E-state index in [9.17, 15) is 0 Å². The minimum absolute atomic E-state index is 0.597. The maximum atomic E-state index is 5.59. The van der Waals surface area contributed by atoms with Gasteiger partial charge in [-0.2, -0.15) is 0 Å². The molecule has 90 valence electrons. The summed E-state index contributed by atoms with van der Waals surface area (Å²) in [7, 11) is 0. The van der Waals surface area contributed by atoms with Crippen LogP contribution in [-0.2, 0) is 6.42 Å². The zero-order chi connectivity index (χ0) is 12.1. The maximum Gasteiger partial charge on any atom is 0.128 e. The van der Waals surface area contributed by atoms with Crippen LogP contribution in [0, 0.1) is 0 Å². The number of hydrogen-bond donors (Lipinski definition) is 2. The van der Waals surface area contributed by atoms with E-state index in [1.807, 2.05) is 37.4 Å². The second-order valence-electron chi connectivity index (χ2n) is 3.71. The van der Waals surface area contributed by atoms with Crippen LogP contribution in [0.4, 0.5) is 0 Å². The van der Waals surface area contributed by atoms with Crippen molar-refractivity contribution in [1.82, 2.24) is 9.97 Å². The molecule has 0 aliphatic heterocycles. The summed E-state index contributed by atoms with van der Waals surface area (Å²) < 4.78 is 5.59. The Kier molecular flexibility index (Phi) is 3.77. The van der Waals surface area contributed by atoms with E-state index in [0.717, 1.165) is 29.3 Å². The third-order valence-corrected chi connectivity index (χ3v) is 2.49. The number of imidazole rings is 1. The van der Waals surface area contributed by atoms with Gasteiger partial charge in [0.05, 0.1) is 18.5 Å². The van der Waals surface area contributed by atoms with Crippen molar-refractivity contribution in [2.45, 2.75) is 13.3 Å². The molecule has 1 aromatic carbocycles. The number of rotatable bonds is 5. The monoisotopic (exact) mass is 231 g/mol. The number of aromatic amines is 1. The molecule has 0 spiro atoms. The quantitative estimate of drug-likeness (QED) is 0.827. The molecule has 17 heavy (non-hydrogen) atoms. The Labute approximate surface area is 101 Å². The molecule has 0 bridgehead atoms. The molecule has 4 heteroatoms. The standard InChI is InChI=1S/C13H17N3O/c1-2-17-12-6-4-3-5-10(12)11-9-15-13(16-11)7-8-14/h3-6,9H,2,7-8,14H2,1H3,(H,15,16). The van der Waals surface area contributed by atoms with Crippen molar-refractivity contribution < 1.29 is 4.74 Å². The smallest absolute Gasteiger partial charge is 0.128 e. The Balaban J connectivity index is 2.31. The van der Waals surface area contributed by atoms with Crippen molar-refractivity contribution in [2.75, 3.05) is 13.2 Å². The Hall–Kier alpha value is -1.81. The molecule has 0 saturated carbocycles. The highest BCUT2D eigenvalue weighted by molar-refractivity contribution is 5.66. The van der Waals surface area contributed by atoms with Crippen molar-refractivity contribution in [2.24, 2.45) is 5.73 Å². The number of para-hydroxylation sites is 1. The molecule has 1 heterocycles. The van der Waals surface area contributed by atoms with Gasteiger partial charge in [0.1, 0.15) is 11.6 Å². The summed E-state index contributed by atoms with van der Waals surface area (Å²) in [6.45, 7) is 3.23. The van der Waals surface area contributed by atoms with Crippen molar-refractivity contribution in [1.29, 1.82) is 0 Å². The van der Waals surface area contributed by atoms with E-state index in [-0.39, 0.29) is 0 Å². The molecule has 0 atom stereocenters. The van der Waals surface area contributed by atoms with E-state index in [2.05, 4.69) is 9.97 Å². The van der Waals surface area contributed by atoms with E-state index in [4.69, 9.17) is 10.5 Å². The lowest BCUT2D eigenvalue weighted by Gasteiger charge is -2.07. The zero-order valence-corrected chi connectivity index (χ0v) is 9.94. The molecule has 0 amide bonds. The van der Waals surface area contributed by atoms with Crippen molar-refractivity contribution in [3.05, 3.63) is 36.3 Å². The van der Waals surface area contributed by atoms with Crippen LogP contribution in [0.2, 0.25) is 0 Å². The molecule has 2 rings (SSSR count). The SMILES string of the molecule is CCOc1ccccc1-c1cnc(CCN)[nH]1. The summed E-state index contributed by atoms with van der Waals surface area (Å²) >= 11 is 0. The van der Waals surface area contributed by atoms with Gasteiger partial charge in [-0.15, -0.1) is 0 Å². The molecule has 0 aliphatic rings. The maximum absolute atomic E-state index is 5.59. The van der Waals surface area contributed by atoms with Gasteiger partial charge >= 0.3 is 0 Å². The highest BCUT2D eigenvalue weighted by Crippen LogP contribution is 2.28. The van der Waals surface area contributed by atoms with Crippen LogP contribution in [0.5, 0.6) is 5.75 Å². The fraction of sp³-hybridized carbons (Fsp3) is 0.308. The molecule has 2 aromatic rings. The van der Waals surface area contributed by atoms with Gasteiger partial charge in [0, 0.05) is 12.0 Å². The van der Waals surface area contributed by atoms with Gasteiger partial charge in [-0.1, -0.05) is 12.1 Å². The molecule has 0 unspecified atom stereocenters. The number of benzene rings is 1. The third kappa shape index (κ3) is 2.65. The first-order valence-electron chi connectivity index (χ1n) is 5.81. The van der Waals surface area contributed by atoms with E-state index >= 15 is 0 Å². The number of ether oxygens (including phenoxy) is 1. The molecule has 3 N–H and O–H groups in total. The number of nitrogens with one attached hydrogen (secondary N) is 1. The van der Waals surface area contributed by atoms with Gasteiger partial charge < -0.3 is 15.5 Å². The largest absolute Gasteiger partial charge is 0.493 e. The van der Waals surface area contributed by atoms with E-state index in [1.165, 1.54) is 0 Å². The van der Waals surface area contributed by atoms with Gasteiger partial charge in [0.2, 0.25) is 0 Å². The molecular formula is C13H17N3O. The molecular weight excluding hydrogens is 214 g/mol. The first-order chi connectivity index (χ1) is 8.35. The second kappa shape index (κ2) is 5.50.